The molecule has 0 atom stereocenters. The van der Waals surface area contributed by atoms with Crippen LogP contribution >= 0.6 is 11.6 Å². The highest BCUT2D eigenvalue weighted by molar-refractivity contribution is 6.30. The number of hydrogen-bond donors (Lipinski definition) is 1. The van der Waals surface area contributed by atoms with Crippen LogP contribution in [0.3, 0.4) is 0 Å². The summed E-state index contributed by atoms with van der Waals surface area (Å²) in [6.45, 7) is 0.845. The summed E-state index contributed by atoms with van der Waals surface area (Å²) in [6.07, 6.45) is 6.60. The molecule has 2 aromatic carbocycles. The minimum Gasteiger partial charge on any atom is -0.454 e. The molecule has 136 valence electrons. The average Bonchev–Trinajstić information content (AvgIpc) is 3.29. The fourth-order valence-corrected chi connectivity index (χ4v) is 2.93. The van der Waals surface area contributed by atoms with Crippen molar-refractivity contribution in [1.29, 1.82) is 0 Å². The van der Waals surface area contributed by atoms with Crippen molar-refractivity contribution < 1.29 is 14.3 Å². The zero-order valence-corrected chi connectivity index (χ0v) is 15.0. The zero-order valence-electron chi connectivity index (χ0n) is 14.3. The van der Waals surface area contributed by atoms with Gasteiger partial charge >= 0.3 is 0 Å². The number of carbonyl (C=O) groups excluding carboxylic acids is 1. The monoisotopic (exact) mass is 381 g/mol. The van der Waals surface area contributed by atoms with E-state index in [1.54, 1.807) is 18.6 Å². The molecule has 6 nitrogen and oxygen atoms in total. The molecule has 0 aliphatic carbocycles. The van der Waals surface area contributed by atoms with Crippen molar-refractivity contribution in [1.82, 2.24) is 9.55 Å². The predicted molar refractivity (Wildman–Crippen MR) is 103 cm³/mol. The van der Waals surface area contributed by atoms with E-state index in [2.05, 4.69) is 10.3 Å². The quantitative estimate of drug-likeness (QED) is 0.679. The Morgan fingerprint density at radius 1 is 1.22 bits per heavy atom. The van der Waals surface area contributed by atoms with Gasteiger partial charge in [-0.05, 0) is 41.5 Å². The first-order valence-electron chi connectivity index (χ1n) is 8.31. The zero-order chi connectivity index (χ0) is 18.6. The van der Waals surface area contributed by atoms with Gasteiger partial charge in [-0.25, -0.2) is 4.98 Å². The standard InChI is InChI=1S/C20H16ClN3O3/c21-16-3-1-2-15(8-16)10-24-11-19(22-12-24)23-20(25)7-5-14-4-6-17-18(9-14)27-13-26-17/h1-9,11-12H,10,13H2,(H,23,25)/b7-5+. The van der Waals surface area contributed by atoms with Gasteiger partial charge in [-0.15, -0.1) is 0 Å². The summed E-state index contributed by atoms with van der Waals surface area (Å²) in [5.41, 5.74) is 1.90. The molecule has 2 heterocycles. The Morgan fingerprint density at radius 2 is 2.11 bits per heavy atom. The van der Waals surface area contributed by atoms with Gasteiger partial charge < -0.3 is 19.4 Å². The number of halogens is 1. The summed E-state index contributed by atoms with van der Waals surface area (Å²) in [4.78, 5) is 16.3. The number of nitrogens with one attached hydrogen (secondary N) is 1. The second kappa shape index (κ2) is 7.55. The van der Waals surface area contributed by atoms with Gasteiger partial charge in [-0.1, -0.05) is 29.8 Å². The Bertz CT molecular complexity index is 1010. The summed E-state index contributed by atoms with van der Waals surface area (Å²) in [7, 11) is 0. The molecule has 3 aromatic rings. The van der Waals surface area contributed by atoms with E-state index in [4.69, 9.17) is 21.1 Å². The maximum atomic E-state index is 12.1. The number of carbonyl (C=O) groups is 1. The molecule has 1 amide bonds. The van der Waals surface area contributed by atoms with Crippen molar-refractivity contribution in [3.8, 4) is 11.5 Å². The van der Waals surface area contributed by atoms with E-state index in [9.17, 15) is 4.79 Å². The van der Waals surface area contributed by atoms with Gasteiger partial charge in [0.05, 0.1) is 6.33 Å². The van der Waals surface area contributed by atoms with Crippen molar-refractivity contribution in [2.75, 3.05) is 12.1 Å². The minimum atomic E-state index is -0.263. The number of fused-ring (bicyclic) bond motifs is 1. The second-order valence-corrected chi connectivity index (χ2v) is 6.43. The van der Waals surface area contributed by atoms with Crippen LogP contribution in [0.25, 0.3) is 6.08 Å². The van der Waals surface area contributed by atoms with E-state index >= 15 is 0 Å². The van der Waals surface area contributed by atoms with Crippen LogP contribution in [0.2, 0.25) is 5.02 Å². The second-order valence-electron chi connectivity index (χ2n) is 6.00. The first kappa shape index (κ1) is 17.2. The van der Waals surface area contributed by atoms with Crippen LogP contribution in [0, 0.1) is 0 Å². The van der Waals surface area contributed by atoms with E-state index in [0.29, 0.717) is 28.9 Å². The Labute approximate surface area is 161 Å². The molecule has 1 aliphatic heterocycles. The number of amides is 1. The number of anilines is 1. The lowest BCUT2D eigenvalue weighted by molar-refractivity contribution is -0.111. The lowest BCUT2D eigenvalue weighted by atomic mass is 10.2. The summed E-state index contributed by atoms with van der Waals surface area (Å²) < 4.78 is 12.5. The third-order valence-electron chi connectivity index (χ3n) is 3.96. The number of aromatic nitrogens is 2. The van der Waals surface area contributed by atoms with Gasteiger partial charge in [-0.3, -0.25) is 4.79 Å². The van der Waals surface area contributed by atoms with Gasteiger partial charge in [0.25, 0.3) is 0 Å². The number of rotatable bonds is 5. The van der Waals surface area contributed by atoms with Crippen molar-refractivity contribution >= 4 is 29.4 Å². The number of imidazole rings is 1. The van der Waals surface area contributed by atoms with E-state index in [1.165, 1.54) is 6.08 Å². The first-order chi connectivity index (χ1) is 13.2. The van der Waals surface area contributed by atoms with Crippen molar-refractivity contribution in [2.45, 2.75) is 6.54 Å². The fraction of sp³-hybridized carbons (Fsp3) is 0.100. The molecule has 7 heteroatoms. The lowest BCUT2D eigenvalue weighted by Gasteiger charge is -2.02. The van der Waals surface area contributed by atoms with E-state index in [0.717, 1.165) is 11.1 Å². The molecule has 0 unspecified atom stereocenters. The molecule has 0 spiro atoms. The molecule has 1 N–H and O–H groups in total. The van der Waals surface area contributed by atoms with Gasteiger partial charge in [0.1, 0.15) is 0 Å². The molecule has 0 saturated heterocycles. The van der Waals surface area contributed by atoms with Crippen molar-refractivity contribution in [2.24, 2.45) is 0 Å². The van der Waals surface area contributed by atoms with Crippen LogP contribution in [0.1, 0.15) is 11.1 Å². The van der Waals surface area contributed by atoms with Crippen molar-refractivity contribution in [3.63, 3.8) is 0 Å². The summed E-state index contributed by atoms with van der Waals surface area (Å²) in [5, 5.41) is 3.43. The molecule has 1 aliphatic rings. The highest BCUT2D eigenvalue weighted by Gasteiger charge is 2.12. The SMILES string of the molecule is O=C(/C=C/c1ccc2c(c1)OCO2)Nc1cn(Cc2cccc(Cl)c2)cn1. The number of benzene rings is 2. The minimum absolute atomic E-state index is 0.223. The predicted octanol–water partition coefficient (Wildman–Crippen LogP) is 3.97. The van der Waals surface area contributed by atoms with Crippen LogP contribution in [0.15, 0.2) is 61.1 Å². The largest absolute Gasteiger partial charge is 0.454 e. The maximum Gasteiger partial charge on any atom is 0.249 e. The normalized spacial score (nSPS) is 12.5. The molecule has 0 bridgehead atoms. The fourth-order valence-electron chi connectivity index (χ4n) is 2.71. The molecule has 0 fully saturated rings. The Kier molecular flexibility index (Phi) is 4.80. The Hall–Kier alpha value is -3.25. The maximum absolute atomic E-state index is 12.1. The molecular weight excluding hydrogens is 366 g/mol. The lowest BCUT2D eigenvalue weighted by Crippen LogP contribution is -2.08. The van der Waals surface area contributed by atoms with E-state index in [1.807, 2.05) is 47.0 Å². The number of hydrogen-bond acceptors (Lipinski definition) is 4. The Morgan fingerprint density at radius 3 is 3.00 bits per heavy atom. The van der Waals surface area contributed by atoms with Crippen molar-refractivity contribution in [3.05, 3.63) is 77.2 Å². The highest BCUT2D eigenvalue weighted by Crippen LogP contribution is 2.32. The number of ether oxygens (including phenoxy) is 2. The third-order valence-corrected chi connectivity index (χ3v) is 4.20. The van der Waals surface area contributed by atoms with Gasteiger partial charge in [0.2, 0.25) is 12.7 Å². The molecule has 1 aromatic heterocycles. The molecule has 27 heavy (non-hydrogen) atoms. The summed E-state index contributed by atoms with van der Waals surface area (Å²) in [6, 6.07) is 13.1. The Balaban J connectivity index is 1.36. The molecule has 0 radical (unpaired) electrons. The van der Waals surface area contributed by atoms with Crippen LogP contribution in [0.5, 0.6) is 11.5 Å². The van der Waals surface area contributed by atoms with Crippen LogP contribution in [0.4, 0.5) is 5.82 Å². The van der Waals surface area contributed by atoms with E-state index < -0.39 is 0 Å². The highest BCUT2D eigenvalue weighted by atomic mass is 35.5. The van der Waals surface area contributed by atoms with Gasteiger partial charge in [0, 0.05) is 23.8 Å². The summed E-state index contributed by atoms with van der Waals surface area (Å²) in [5.74, 6) is 1.61. The number of nitrogens with zero attached hydrogens (tertiary/aromatic N) is 2. The van der Waals surface area contributed by atoms with Crippen LogP contribution in [-0.4, -0.2) is 22.3 Å². The topological polar surface area (TPSA) is 65.4 Å². The van der Waals surface area contributed by atoms with Gasteiger partial charge in [-0.2, -0.15) is 0 Å². The third kappa shape index (κ3) is 4.30. The van der Waals surface area contributed by atoms with Gasteiger partial charge in [0.15, 0.2) is 17.3 Å². The average molecular weight is 382 g/mol. The first-order valence-corrected chi connectivity index (χ1v) is 8.68. The smallest absolute Gasteiger partial charge is 0.249 e. The van der Waals surface area contributed by atoms with E-state index in [-0.39, 0.29) is 12.7 Å². The molecule has 0 saturated carbocycles. The molecular formula is C20H16ClN3O3. The summed E-state index contributed by atoms with van der Waals surface area (Å²) >= 11 is 6.00. The van der Waals surface area contributed by atoms with Crippen LogP contribution in [-0.2, 0) is 11.3 Å². The van der Waals surface area contributed by atoms with Crippen LogP contribution < -0.4 is 14.8 Å². The molecule has 4 rings (SSSR count).